The molecule has 0 aromatic carbocycles. The molecular formula is C11H16Br2N2O. The zero-order valence-electron chi connectivity index (χ0n) is 9.54. The molecular weight excluding hydrogens is 336 g/mol. The van der Waals surface area contributed by atoms with Gasteiger partial charge in [-0.05, 0) is 34.5 Å². The van der Waals surface area contributed by atoms with Gasteiger partial charge in [0.2, 0.25) is 0 Å². The van der Waals surface area contributed by atoms with Crippen molar-refractivity contribution in [2.75, 3.05) is 37.0 Å². The molecule has 1 rings (SSSR count). The Balaban J connectivity index is 2.78. The number of anilines is 1. The Labute approximate surface area is 113 Å². The first-order valence-electron chi connectivity index (χ1n) is 5.11. The van der Waals surface area contributed by atoms with Gasteiger partial charge in [-0.2, -0.15) is 0 Å². The second-order valence-corrected chi connectivity index (χ2v) is 5.11. The summed E-state index contributed by atoms with van der Waals surface area (Å²) in [6.07, 6.45) is 1.85. The highest BCUT2D eigenvalue weighted by atomic mass is 79.9. The van der Waals surface area contributed by atoms with E-state index < -0.39 is 0 Å². The SMILES string of the molecule is COCCN(CCBr)c1cc(C)c(Br)cn1. The molecule has 0 unspecified atom stereocenters. The Morgan fingerprint density at radius 1 is 1.44 bits per heavy atom. The summed E-state index contributed by atoms with van der Waals surface area (Å²) in [5, 5.41) is 0.924. The van der Waals surface area contributed by atoms with Crippen molar-refractivity contribution in [3.05, 3.63) is 22.3 Å². The van der Waals surface area contributed by atoms with Gasteiger partial charge in [0.15, 0.2) is 0 Å². The van der Waals surface area contributed by atoms with Crippen LogP contribution in [0.25, 0.3) is 0 Å². The molecule has 0 radical (unpaired) electrons. The first-order chi connectivity index (χ1) is 7.69. The maximum Gasteiger partial charge on any atom is 0.128 e. The fraction of sp³-hybridized carbons (Fsp3) is 0.545. The van der Waals surface area contributed by atoms with Crippen LogP contribution in [0.4, 0.5) is 5.82 Å². The minimum absolute atomic E-state index is 0.712. The summed E-state index contributed by atoms with van der Waals surface area (Å²) in [4.78, 5) is 6.62. The van der Waals surface area contributed by atoms with Crippen molar-refractivity contribution in [2.24, 2.45) is 0 Å². The molecule has 0 saturated carbocycles. The summed E-state index contributed by atoms with van der Waals surface area (Å²) in [6, 6.07) is 2.09. The molecule has 0 bridgehead atoms. The van der Waals surface area contributed by atoms with Crippen LogP contribution in [0.2, 0.25) is 0 Å². The fourth-order valence-electron chi connectivity index (χ4n) is 1.34. The van der Waals surface area contributed by atoms with Crippen LogP contribution in [0.3, 0.4) is 0 Å². The van der Waals surface area contributed by atoms with E-state index in [-0.39, 0.29) is 0 Å². The number of aryl methyl sites for hydroxylation is 1. The molecule has 0 fully saturated rings. The van der Waals surface area contributed by atoms with Crippen LogP contribution < -0.4 is 4.90 Å². The predicted octanol–water partition coefficient (Wildman–Crippen LogP) is 3.00. The monoisotopic (exact) mass is 350 g/mol. The van der Waals surface area contributed by atoms with Crippen molar-refractivity contribution in [1.29, 1.82) is 0 Å². The highest BCUT2D eigenvalue weighted by Gasteiger charge is 2.08. The van der Waals surface area contributed by atoms with E-state index >= 15 is 0 Å². The second-order valence-electron chi connectivity index (χ2n) is 3.46. The Kier molecular flexibility index (Phi) is 6.31. The number of rotatable bonds is 6. The van der Waals surface area contributed by atoms with Gasteiger partial charge in [0.25, 0.3) is 0 Å². The van der Waals surface area contributed by atoms with Gasteiger partial charge in [0.1, 0.15) is 5.82 Å². The molecule has 0 aliphatic rings. The molecule has 0 aliphatic heterocycles. The molecule has 0 atom stereocenters. The number of hydrogen-bond donors (Lipinski definition) is 0. The molecule has 0 amide bonds. The third kappa shape index (κ3) is 4.03. The zero-order chi connectivity index (χ0) is 12.0. The van der Waals surface area contributed by atoms with Crippen molar-refractivity contribution >= 4 is 37.7 Å². The quantitative estimate of drug-likeness (QED) is 0.736. The number of alkyl halides is 1. The van der Waals surface area contributed by atoms with Gasteiger partial charge in [-0.15, -0.1) is 0 Å². The van der Waals surface area contributed by atoms with Crippen molar-refractivity contribution in [1.82, 2.24) is 4.98 Å². The molecule has 0 saturated heterocycles. The molecule has 0 spiro atoms. The molecule has 1 heterocycles. The van der Waals surface area contributed by atoms with Gasteiger partial charge in [-0.25, -0.2) is 4.98 Å². The lowest BCUT2D eigenvalue weighted by Gasteiger charge is -2.22. The van der Waals surface area contributed by atoms with E-state index in [9.17, 15) is 0 Å². The smallest absolute Gasteiger partial charge is 0.128 e. The Bertz CT molecular complexity index is 334. The molecule has 0 N–H and O–H groups in total. The number of hydrogen-bond acceptors (Lipinski definition) is 3. The van der Waals surface area contributed by atoms with Crippen LogP contribution in [0.1, 0.15) is 5.56 Å². The van der Waals surface area contributed by atoms with Crippen molar-refractivity contribution in [3.63, 3.8) is 0 Å². The third-order valence-electron chi connectivity index (χ3n) is 2.28. The van der Waals surface area contributed by atoms with E-state index in [1.165, 1.54) is 5.56 Å². The highest BCUT2D eigenvalue weighted by molar-refractivity contribution is 9.10. The van der Waals surface area contributed by atoms with Gasteiger partial charge in [-0.3, -0.25) is 0 Å². The predicted molar refractivity (Wildman–Crippen MR) is 74.6 cm³/mol. The number of ether oxygens (including phenoxy) is 1. The molecule has 5 heteroatoms. The van der Waals surface area contributed by atoms with Crippen molar-refractivity contribution in [3.8, 4) is 0 Å². The van der Waals surface area contributed by atoms with Crippen molar-refractivity contribution < 1.29 is 4.74 Å². The van der Waals surface area contributed by atoms with E-state index in [0.717, 1.165) is 28.7 Å². The molecule has 1 aromatic rings. The minimum atomic E-state index is 0.712. The van der Waals surface area contributed by atoms with Crippen LogP contribution >= 0.6 is 31.9 Å². The number of halogens is 2. The van der Waals surface area contributed by atoms with Gasteiger partial charge in [-0.1, -0.05) is 15.9 Å². The highest BCUT2D eigenvalue weighted by Crippen LogP contribution is 2.19. The van der Waals surface area contributed by atoms with Gasteiger partial charge in [0.05, 0.1) is 6.61 Å². The maximum absolute atomic E-state index is 5.10. The third-order valence-corrected chi connectivity index (χ3v) is 3.46. The van der Waals surface area contributed by atoms with Gasteiger partial charge in [0, 0.05) is 36.2 Å². The van der Waals surface area contributed by atoms with Crippen LogP contribution in [0.5, 0.6) is 0 Å². The lowest BCUT2D eigenvalue weighted by Crippen LogP contribution is -2.29. The number of aromatic nitrogens is 1. The van der Waals surface area contributed by atoms with Gasteiger partial charge < -0.3 is 9.64 Å². The maximum atomic E-state index is 5.10. The van der Waals surface area contributed by atoms with Crippen LogP contribution in [0.15, 0.2) is 16.7 Å². The van der Waals surface area contributed by atoms with E-state index in [4.69, 9.17) is 4.74 Å². The molecule has 16 heavy (non-hydrogen) atoms. The van der Waals surface area contributed by atoms with Crippen molar-refractivity contribution in [2.45, 2.75) is 6.92 Å². The first kappa shape index (κ1) is 13.9. The summed E-state index contributed by atoms with van der Waals surface area (Å²) >= 11 is 6.91. The number of nitrogens with zero attached hydrogens (tertiary/aromatic N) is 2. The van der Waals surface area contributed by atoms with Crippen LogP contribution in [0, 0.1) is 6.92 Å². The average Bonchev–Trinajstić information content (AvgIpc) is 2.28. The van der Waals surface area contributed by atoms with E-state index in [1.807, 2.05) is 6.20 Å². The normalized spacial score (nSPS) is 10.5. The first-order valence-corrected chi connectivity index (χ1v) is 7.02. The van der Waals surface area contributed by atoms with E-state index in [2.05, 4.69) is 54.7 Å². The Hall–Kier alpha value is -0.130. The zero-order valence-corrected chi connectivity index (χ0v) is 12.7. The second kappa shape index (κ2) is 7.25. The summed E-state index contributed by atoms with van der Waals surface area (Å²) in [5.41, 5.74) is 1.20. The standard InChI is InChI=1S/C11H16Br2N2O/c1-9-7-11(14-8-10(9)13)15(4-3-12)5-6-16-2/h7-8H,3-6H2,1-2H3. The Morgan fingerprint density at radius 2 is 2.19 bits per heavy atom. The topological polar surface area (TPSA) is 25.4 Å². The summed E-state index contributed by atoms with van der Waals surface area (Å²) < 4.78 is 6.14. The number of pyridine rings is 1. The van der Waals surface area contributed by atoms with E-state index in [0.29, 0.717) is 6.61 Å². The van der Waals surface area contributed by atoms with Gasteiger partial charge >= 0.3 is 0 Å². The summed E-state index contributed by atoms with van der Waals surface area (Å²) in [7, 11) is 1.71. The molecule has 0 aliphatic carbocycles. The van der Waals surface area contributed by atoms with E-state index in [1.54, 1.807) is 7.11 Å². The molecule has 90 valence electrons. The fourth-order valence-corrected chi connectivity index (χ4v) is 1.99. The average molecular weight is 352 g/mol. The summed E-state index contributed by atoms with van der Waals surface area (Å²) in [5.74, 6) is 0.997. The Morgan fingerprint density at radius 3 is 2.75 bits per heavy atom. The lowest BCUT2D eigenvalue weighted by atomic mass is 10.3. The largest absolute Gasteiger partial charge is 0.383 e. The number of methoxy groups -OCH3 is 1. The van der Waals surface area contributed by atoms with Crippen LogP contribution in [-0.4, -0.2) is 37.1 Å². The lowest BCUT2D eigenvalue weighted by molar-refractivity contribution is 0.205. The molecule has 3 nitrogen and oxygen atoms in total. The summed E-state index contributed by atoms with van der Waals surface area (Å²) in [6.45, 7) is 4.56. The molecule has 1 aromatic heterocycles. The minimum Gasteiger partial charge on any atom is -0.383 e. The van der Waals surface area contributed by atoms with Crippen LogP contribution in [-0.2, 0) is 4.74 Å².